The van der Waals surface area contributed by atoms with E-state index in [0.29, 0.717) is 28.8 Å². The molecule has 0 saturated heterocycles. The minimum Gasteiger partial charge on any atom is -0.398 e. The van der Waals surface area contributed by atoms with Gasteiger partial charge in [-0.1, -0.05) is 71.0 Å². The maximum atomic E-state index is 15.2. The molecule has 3 aromatic carbocycles. The number of nitrogens with zero attached hydrogens (tertiary/aromatic N) is 2. The summed E-state index contributed by atoms with van der Waals surface area (Å²) in [6.07, 6.45) is 0.705. The topological polar surface area (TPSA) is 72.3 Å². The van der Waals surface area contributed by atoms with Gasteiger partial charge in [0.2, 0.25) is 1.68 Å². The molecule has 6 nitrogen and oxygen atoms in total. The summed E-state index contributed by atoms with van der Waals surface area (Å²) < 4.78 is 13.6. The number of carbonyl (C=O) groups is 1. The van der Waals surface area contributed by atoms with Crippen molar-refractivity contribution in [3.05, 3.63) is 106 Å². The number of rotatable bonds is 10. The predicted molar refractivity (Wildman–Crippen MR) is 162 cm³/mol. The van der Waals surface area contributed by atoms with Crippen LogP contribution in [0.4, 0.5) is 4.39 Å². The first-order valence-corrected chi connectivity index (χ1v) is 13.6. The molecule has 0 aliphatic carbocycles. The lowest BCUT2D eigenvalue weighted by atomic mass is 9.98. The fraction of sp³-hybridized carbons (Fsp3) is 0.250. The standard InChI is InChI=1S/C28H28FI2N3O3/c1-18-9-8-12-23(26(34-36-4)27(35)32-3)24(18)17-37-33-19(2)22-14-13-21(16-25(22)28(29,30)31)15-20-10-6-5-7-11-20/h5-14,16H,15,17H2,1-4H3,(H,32,35)/b33-19+,34-26+. The van der Waals surface area contributed by atoms with E-state index in [1.165, 1.54) is 14.2 Å². The summed E-state index contributed by atoms with van der Waals surface area (Å²) >= 11 is 3.58. The van der Waals surface area contributed by atoms with Gasteiger partial charge < -0.3 is 15.0 Å². The number of hydrogen-bond donors (Lipinski definition) is 1. The van der Waals surface area contributed by atoms with Gasteiger partial charge in [-0.25, -0.2) is 4.39 Å². The highest BCUT2D eigenvalue weighted by Crippen LogP contribution is 2.43. The molecule has 3 rings (SSSR count). The Bertz CT molecular complexity index is 1310. The SMILES string of the molecule is CNC(=O)/C(=N/OC)c1cccc(C)c1CO/N=C(\C)c1ccc(Cc2ccccc2)cc1C(F)(I)I. The van der Waals surface area contributed by atoms with Crippen LogP contribution in [-0.2, 0) is 29.2 Å². The molecule has 0 radical (unpaired) electrons. The molecule has 0 saturated carbocycles. The highest BCUT2D eigenvalue weighted by molar-refractivity contribution is 14.2. The molecule has 0 unspecified atom stereocenters. The smallest absolute Gasteiger partial charge is 0.273 e. The Kier molecular flexibility index (Phi) is 10.4. The van der Waals surface area contributed by atoms with Gasteiger partial charge in [-0.3, -0.25) is 4.79 Å². The van der Waals surface area contributed by atoms with Crippen molar-refractivity contribution in [2.45, 2.75) is 28.6 Å². The van der Waals surface area contributed by atoms with Gasteiger partial charge in [-0.05, 0) is 88.2 Å². The molecule has 1 amide bonds. The predicted octanol–water partition coefficient (Wildman–Crippen LogP) is 6.57. The molecule has 37 heavy (non-hydrogen) atoms. The Morgan fingerprint density at radius 1 is 1.00 bits per heavy atom. The second-order valence-corrected chi connectivity index (χ2v) is 13.3. The highest BCUT2D eigenvalue weighted by atomic mass is 127. The molecule has 9 heteroatoms. The maximum absolute atomic E-state index is 15.2. The van der Waals surface area contributed by atoms with Gasteiger partial charge in [-0.15, -0.1) is 0 Å². The van der Waals surface area contributed by atoms with Crippen LogP contribution in [0.2, 0.25) is 0 Å². The second kappa shape index (κ2) is 13.3. The maximum Gasteiger partial charge on any atom is 0.273 e. The van der Waals surface area contributed by atoms with Crippen molar-refractivity contribution < 1.29 is 18.9 Å². The third kappa shape index (κ3) is 7.73. The summed E-state index contributed by atoms with van der Waals surface area (Å²) in [5.41, 5.74) is 6.29. The molecular weight excluding hydrogens is 699 g/mol. The van der Waals surface area contributed by atoms with Gasteiger partial charge in [0.25, 0.3) is 5.91 Å². The third-order valence-corrected chi connectivity index (χ3v) is 6.89. The van der Waals surface area contributed by atoms with Crippen molar-refractivity contribution in [1.29, 1.82) is 0 Å². The Balaban J connectivity index is 1.88. The average molecular weight is 727 g/mol. The molecule has 0 heterocycles. The van der Waals surface area contributed by atoms with Crippen LogP contribution in [-0.4, -0.2) is 31.5 Å². The molecule has 3 aromatic rings. The number of carbonyl (C=O) groups excluding carboxylic acids is 1. The lowest BCUT2D eigenvalue weighted by molar-refractivity contribution is -0.114. The number of nitrogens with one attached hydrogen (secondary N) is 1. The van der Waals surface area contributed by atoms with Gasteiger partial charge in [0.05, 0.1) is 5.71 Å². The van der Waals surface area contributed by atoms with E-state index in [-0.39, 0.29) is 18.2 Å². The fourth-order valence-electron chi connectivity index (χ4n) is 3.86. The normalized spacial score (nSPS) is 12.3. The van der Waals surface area contributed by atoms with Crippen LogP contribution in [0.25, 0.3) is 0 Å². The molecule has 1 N–H and O–H groups in total. The van der Waals surface area contributed by atoms with Gasteiger partial charge in [0, 0.05) is 29.3 Å². The molecule has 0 bridgehead atoms. The van der Waals surface area contributed by atoms with Crippen molar-refractivity contribution in [2.24, 2.45) is 10.3 Å². The van der Waals surface area contributed by atoms with Crippen molar-refractivity contribution in [2.75, 3.05) is 14.2 Å². The zero-order chi connectivity index (χ0) is 27.0. The van der Waals surface area contributed by atoms with E-state index in [9.17, 15) is 4.79 Å². The number of halogens is 3. The van der Waals surface area contributed by atoms with Crippen LogP contribution in [0, 0.1) is 6.92 Å². The Hall–Kier alpha value is -2.54. The van der Waals surface area contributed by atoms with Crippen LogP contribution in [0.3, 0.4) is 0 Å². The van der Waals surface area contributed by atoms with Crippen molar-refractivity contribution in [3.8, 4) is 0 Å². The van der Waals surface area contributed by atoms with Gasteiger partial charge in [0.1, 0.15) is 13.7 Å². The minimum absolute atomic E-state index is 0.0930. The molecule has 0 aliphatic rings. The number of oxime groups is 2. The monoisotopic (exact) mass is 727 g/mol. The summed E-state index contributed by atoms with van der Waals surface area (Å²) in [4.78, 5) is 23.0. The number of hydrogen-bond acceptors (Lipinski definition) is 5. The molecule has 0 spiro atoms. The van der Waals surface area contributed by atoms with Gasteiger partial charge in [-0.2, -0.15) is 0 Å². The Morgan fingerprint density at radius 3 is 2.38 bits per heavy atom. The summed E-state index contributed by atoms with van der Waals surface area (Å²) in [6.45, 7) is 3.80. The molecule has 0 aliphatic heterocycles. The first kappa shape index (κ1) is 29.0. The highest BCUT2D eigenvalue weighted by Gasteiger charge is 2.28. The van der Waals surface area contributed by atoms with Crippen molar-refractivity contribution >= 4 is 62.5 Å². The quantitative estimate of drug-likeness (QED) is 0.111. The van der Waals surface area contributed by atoms with E-state index in [1.807, 2.05) is 55.5 Å². The van der Waals surface area contributed by atoms with Crippen molar-refractivity contribution in [3.63, 3.8) is 0 Å². The summed E-state index contributed by atoms with van der Waals surface area (Å²) in [5, 5.41) is 10.8. The second-order valence-electron chi connectivity index (χ2n) is 8.29. The molecule has 0 atom stereocenters. The zero-order valence-electron chi connectivity index (χ0n) is 21.0. The van der Waals surface area contributed by atoms with E-state index < -0.39 is 1.68 Å². The number of benzene rings is 3. The van der Waals surface area contributed by atoms with Crippen LogP contribution < -0.4 is 5.32 Å². The van der Waals surface area contributed by atoms with Gasteiger partial charge in [0.15, 0.2) is 5.71 Å². The van der Waals surface area contributed by atoms with Crippen LogP contribution in [0.15, 0.2) is 77.0 Å². The Labute approximate surface area is 244 Å². The molecule has 0 fully saturated rings. The summed E-state index contributed by atoms with van der Waals surface area (Å²) in [6, 6.07) is 21.4. The fourth-order valence-corrected chi connectivity index (χ4v) is 4.76. The van der Waals surface area contributed by atoms with Crippen LogP contribution in [0.5, 0.6) is 0 Å². The first-order chi connectivity index (χ1) is 17.7. The number of alkyl halides is 3. The average Bonchev–Trinajstić information content (AvgIpc) is 2.88. The minimum atomic E-state index is -1.63. The Morgan fingerprint density at radius 2 is 1.73 bits per heavy atom. The molecule has 194 valence electrons. The zero-order valence-corrected chi connectivity index (χ0v) is 25.3. The van der Waals surface area contributed by atoms with E-state index >= 15 is 4.39 Å². The lowest BCUT2D eigenvalue weighted by Crippen LogP contribution is -2.29. The van der Waals surface area contributed by atoms with E-state index in [1.54, 1.807) is 58.2 Å². The van der Waals surface area contributed by atoms with Gasteiger partial charge >= 0.3 is 0 Å². The van der Waals surface area contributed by atoms with Crippen LogP contribution in [0.1, 0.15) is 45.9 Å². The van der Waals surface area contributed by atoms with Crippen molar-refractivity contribution in [1.82, 2.24) is 5.32 Å². The molecular formula is C28H28FI2N3O3. The summed E-state index contributed by atoms with van der Waals surface area (Å²) in [7, 11) is 2.91. The third-order valence-electron chi connectivity index (χ3n) is 5.73. The first-order valence-electron chi connectivity index (χ1n) is 11.5. The summed E-state index contributed by atoms with van der Waals surface area (Å²) in [5.74, 6) is -0.378. The molecule has 0 aromatic heterocycles. The van der Waals surface area contributed by atoms with E-state index in [2.05, 4.69) is 27.8 Å². The number of amides is 1. The number of likely N-dealkylation sites (N-methyl/N-ethyl adjacent to an activating group) is 1. The van der Waals surface area contributed by atoms with E-state index in [4.69, 9.17) is 9.68 Å². The van der Waals surface area contributed by atoms with E-state index in [0.717, 1.165) is 22.3 Å². The number of aryl methyl sites for hydroxylation is 1. The van der Waals surface area contributed by atoms with Crippen LogP contribution >= 0.6 is 45.2 Å². The largest absolute Gasteiger partial charge is 0.398 e. The lowest BCUT2D eigenvalue weighted by Gasteiger charge is -2.18.